The van der Waals surface area contributed by atoms with Crippen LogP contribution in [0, 0.1) is 5.41 Å². The molecule has 0 aliphatic heterocycles. The van der Waals surface area contributed by atoms with E-state index in [1.54, 1.807) is 6.92 Å². The maximum atomic E-state index is 13.1. The van der Waals surface area contributed by atoms with Crippen LogP contribution in [-0.4, -0.2) is 75.0 Å². The molecule has 0 amide bonds. The number of carbonyl (C=O) groups excluding carboxylic acids is 1. The fraction of sp³-hybridized carbons (Fsp3) is 0.447. The topological polar surface area (TPSA) is 127 Å². The zero-order valence-electron chi connectivity index (χ0n) is 28.1. The van der Waals surface area contributed by atoms with Crippen LogP contribution in [0.15, 0.2) is 119 Å². The minimum absolute atomic E-state index is 0.209. The second-order valence-electron chi connectivity index (χ2n) is 12.2. The van der Waals surface area contributed by atoms with E-state index >= 15 is 0 Å². The number of ether oxygens (including phenoxy) is 1. The summed E-state index contributed by atoms with van der Waals surface area (Å²) in [5, 5.41) is 48.5. The normalized spacial score (nSPS) is 22.2. The van der Waals surface area contributed by atoms with Crippen molar-refractivity contribution >= 4 is 5.78 Å². The Morgan fingerprint density at radius 3 is 1.78 bits per heavy atom. The van der Waals surface area contributed by atoms with E-state index in [4.69, 9.17) is 9.84 Å². The van der Waals surface area contributed by atoms with Crippen molar-refractivity contribution in [1.82, 2.24) is 0 Å². The molecule has 0 spiro atoms. The Kier molecular flexibility index (Phi) is 17.8. The summed E-state index contributed by atoms with van der Waals surface area (Å²) >= 11 is 0. The molecule has 0 fully saturated rings. The van der Waals surface area contributed by atoms with Gasteiger partial charge in [0.2, 0.25) is 0 Å². The first kappa shape index (κ1) is 39.9. The molecule has 0 heterocycles. The van der Waals surface area contributed by atoms with E-state index in [0.717, 1.165) is 22.3 Å². The lowest BCUT2D eigenvalue weighted by Crippen LogP contribution is -2.48. The lowest BCUT2D eigenvalue weighted by Gasteiger charge is -2.37. The van der Waals surface area contributed by atoms with Crippen molar-refractivity contribution in [3.8, 4) is 0 Å². The molecule has 0 saturated heterocycles. The van der Waals surface area contributed by atoms with Crippen LogP contribution < -0.4 is 0 Å². The molecule has 0 aromatic carbocycles. The first-order valence-corrected chi connectivity index (χ1v) is 15.4. The van der Waals surface area contributed by atoms with E-state index < -0.39 is 49.1 Å². The Labute approximate surface area is 270 Å². The highest BCUT2D eigenvalue weighted by molar-refractivity contribution is 6.00. The summed E-state index contributed by atoms with van der Waals surface area (Å²) in [4.78, 5) is 13.1. The van der Waals surface area contributed by atoms with E-state index in [1.807, 2.05) is 95.4 Å². The molecule has 5 N–H and O–H groups in total. The van der Waals surface area contributed by atoms with Crippen molar-refractivity contribution in [2.24, 2.45) is 5.41 Å². The molecule has 1 rings (SSSR count). The number of ketones is 1. The van der Waals surface area contributed by atoms with E-state index in [-0.39, 0.29) is 5.78 Å². The number of aliphatic hydroxyl groups is 5. The highest BCUT2D eigenvalue weighted by Crippen LogP contribution is 2.40. The number of Topliss-reactive ketones (excluding diaryl/α,β-unsaturated/α-hetero) is 1. The Morgan fingerprint density at radius 2 is 1.27 bits per heavy atom. The standard InChI is InChI=1S/C38H54O7/c1-9-14-26(2)17-12-18-27(3)15-10-11-16-28(4)19-13-20-29(5)21-22-31-30(6)35(42)34(23-38(31,7)8)45-25-33(41)37(44)36(43)32(40)24-39/h9-22,32-34,36-37,39-41,43-44H,23-25H2,1-8H3. The average Bonchev–Trinajstić information content (AvgIpc) is 2.98. The van der Waals surface area contributed by atoms with E-state index in [2.05, 4.69) is 38.2 Å². The first-order chi connectivity index (χ1) is 21.1. The number of hydrogen-bond donors (Lipinski definition) is 5. The van der Waals surface area contributed by atoms with Crippen LogP contribution in [0.4, 0.5) is 0 Å². The van der Waals surface area contributed by atoms with E-state index in [1.165, 1.54) is 5.57 Å². The third-order valence-corrected chi connectivity index (χ3v) is 7.49. The lowest BCUT2D eigenvalue weighted by atomic mass is 9.71. The third-order valence-electron chi connectivity index (χ3n) is 7.49. The van der Waals surface area contributed by atoms with Crippen molar-refractivity contribution in [3.05, 3.63) is 119 Å². The molecule has 248 valence electrons. The van der Waals surface area contributed by atoms with Gasteiger partial charge < -0.3 is 30.3 Å². The SMILES string of the molecule is CC=CC(C)=CC=CC(C)=CC=CC=C(C)C=CC=C(C)C=CC1=C(C)C(=O)C(OCC(O)C(O)C(O)C(O)CO)CC1(C)C. The first-order valence-electron chi connectivity index (χ1n) is 15.4. The van der Waals surface area contributed by atoms with Crippen molar-refractivity contribution in [2.75, 3.05) is 13.2 Å². The molecule has 5 atom stereocenters. The maximum absolute atomic E-state index is 13.1. The minimum atomic E-state index is -1.75. The number of allylic oxidation sites excluding steroid dienone is 19. The molecule has 45 heavy (non-hydrogen) atoms. The van der Waals surface area contributed by atoms with Crippen LogP contribution >= 0.6 is 0 Å². The molecule has 0 bridgehead atoms. The van der Waals surface area contributed by atoms with Gasteiger partial charge in [-0.2, -0.15) is 0 Å². The summed E-state index contributed by atoms with van der Waals surface area (Å²) in [7, 11) is 0. The van der Waals surface area contributed by atoms with Gasteiger partial charge >= 0.3 is 0 Å². The predicted molar refractivity (Wildman–Crippen MR) is 183 cm³/mol. The Morgan fingerprint density at radius 1 is 0.800 bits per heavy atom. The van der Waals surface area contributed by atoms with Gasteiger partial charge in [0, 0.05) is 0 Å². The molecule has 7 heteroatoms. The lowest BCUT2D eigenvalue weighted by molar-refractivity contribution is -0.146. The van der Waals surface area contributed by atoms with E-state index in [0.29, 0.717) is 12.0 Å². The molecule has 1 aliphatic rings. The van der Waals surface area contributed by atoms with Gasteiger partial charge in [-0.25, -0.2) is 0 Å². The monoisotopic (exact) mass is 622 g/mol. The summed E-state index contributed by atoms with van der Waals surface area (Å²) in [6, 6.07) is 0. The van der Waals surface area contributed by atoms with E-state index in [9.17, 15) is 25.2 Å². The molecule has 0 aromatic heterocycles. The number of rotatable bonds is 16. The molecule has 0 aromatic rings. The second kappa shape index (κ2) is 20.1. The Balaban J connectivity index is 2.82. The largest absolute Gasteiger partial charge is 0.394 e. The van der Waals surface area contributed by atoms with Gasteiger partial charge in [0.05, 0.1) is 13.2 Å². The molecule has 0 saturated carbocycles. The summed E-state index contributed by atoms with van der Waals surface area (Å²) < 4.78 is 5.66. The van der Waals surface area contributed by atoms with Gasteiger partial charge in [0.25, 0.3) is 0 Å². The smallest absolute Gasteiger partial charge is 0.187 e. The molecule has 0 radical (unpaired) electrons. The Hall–Kier alpha value is -3.17. The molecule has 5 unspecified atom stereocenters. The maximum Gasteiger partial charge on any atom is 0.187 e. The molecular formula is C38H54O7. The van der Waals surface area contributed by atoms with Gasteiger partial charge in [0.15, 0.2) is 5.78 Å². The van der Waals surface area contributed by atoms with Crippen LogP contribution in [0.25, 0.3) is 0 Å². The third kappa shape index (κ3) is 14.2. The molecule has 7 nitrogen and oxygen atoms in total. The fourth-order valence-electron chi connectivity index (χ4n) is 4.73. The van der Waals surface area contributed by atoms with Crippen molar-refractivity contribution in [1.29, 1.82) is 0 Å². The molecule has 1 aliphatic carbocycles. The second-order valence-corrected chi connectivity index (χ2v) is 12.2. The quantitative estimate of drug-likeness (QED) is 0.140. The van der Waals surface area contributed by atoms with Crippen LogP contribution in [0.2, 0.25) is 0 Å². The van der Waals surface area contributed by atoms with Crippen LogP contribution in [-0.2, 0) is 9.53 Å². The van der Waals surface area contributed by atoms with Crippen LogP contribution in [0.5, 0.6) is 0 Å². The van der Waals surface area contributed by atoms with Gasteiger partial charge in [-0.1, -0.05) is 121 Å². The van der Waals surface area contributed by atoms with Crippen molar-refractivity contribution in [3.63, 3.8) is 0 Å². The summed E-state index contributed by atoms with van der Waals surface area (Å²) in [5.74, 6) is -0.209. The van der Waals surface area contributed by atoms with Gasteiger partial charge in [-0.05, 0) is 64.5 Å². The van der Waals surface area contributed by atoms with Gasteiger partial charge in [0.1, 0.15) is 30.5 Å². The fourth-order valence-corrected chi connectivity index (χ4v) is 4.73. The zero-order chi connectivity index (χ0) is 34.2. The van der Waals surface area contributed by atoms with Crippen LogP contribution in [0.3, 0.4) is 0 Å². The average molecular weight is 623 g/mol. The summed E-state index contributed by atoms with van der Waals surface area (Å²) in [6.45, 7) is 14.8. The van der Waals surface area contributed by atoms with Gasteiger partial charge in [-0.3, -0.25) is 4.79 Å². The highest BCUT2D eigenvalue weighted by atomic mass is 16.5. The van der Waals surface area contributed by atoms with Crippen molar-refractivity contribution in [2.45, 2.75) is 92.3 Å². The summed E-state index contributed by atoms with van der Waals surface area (Å²) in [6.07, 6.45) is 21.3. The highest BCUT2D eigenvalue weighted by Gasteiger charge is 2.39. The van der Waals surface area contributed by atoms with Gasteiger partial charge in [-0.15, -0.1) is 0 Å². The minimum Gasteiger partial charge on any atom is -0.394 e. The zero-order valence-corrected chi connectivity index (χ0v) is 28.1. The number of hydrogen-bond acceptors (Lipinski definition) is 7. The Bertz CT molecular complexity index is 1280. The summed E-state index contributed by atoms with van der Waals surface area (Å²) in [5.41, 5.74) is 5.54. The molecular weight excluding hydrogens is 568 g/mol. The number of aliphatic hydroxyl groups excluding tert-OH is 5. The van der Waals surface area contributed by atoms with Crippen LogP contribution in [0.1, 0.15) is 61.8 Å². The predicted octanol–water partition coefficient (Wildman–Crippen LogP) is 5.71. The number of carbonyl (C=O) groups is 1. The van der Waals surface area contributed by atoms with Crippen molar-refractivity contribution < 1.29 is 35.1 Å².